The van der Waals surface area contributed by atoms with Crippen LogP contribution in [0.4, 0.5) is 0 Å². The zero-order valence-corrected chi connectivity index (χ0v) is 65.6. The summed E-state index contributed by atoms with van der Waals surface area (Å²) in [6.45, 7) is 12.7. The molecule has 1 unspecified atom stereocenters. The molecule has 1 fully saturated rings. The Morgan fingerprint density at radius 3 is 1.03 bits per heavy atom. The van der Waals surface area contributed by atoms with Crippen LogP contribution >= 0.6 is 0 Å². The summed E-state index contributed by atoms with van der Waals surface area (Å²) in [7, 11) is 7.97. The average molecular weight is 1490 g/mol. The van der Waals surface area contributed by atoms with Gasteiger partial charge in [0, 0.05) is 124 Å². The lowest BCUT2D eigenvalue weighted by atomic mass is 9.94. The van der Waals surface area contributed by atoms with E-state index >= 15 is 0 Å². The van der Waals surface area contributed by atoms with Crippen LogP contribution in [0.1, 0.15) is 133 Å². The summed E-state index contributed by atoms with van der Waals surface area (Å²) in [6, 6.07) is 73.3. The van der Waals surface area contributed by atoms with Gasteiger partial charge in [0.1, 0.15) is 28.2 Å². The van der Waals surface area contributed by atoms with Gasteiger partial charge in [0.2, 0.25) is 45.6 Å². The van der Waals surface area contributed by atoms with Crippen LogP contribution in [-0.4, -0.2) is 19.9 Å². The minimum absolute atomic E-state index is 0.432. The van der Waals surface area contributed by atoms with E-state index in [1.54, 1.807) is 25.3 Å². The van der Waals surface area contributed by atoms with Crippen LogP contribution in [0.2, 0.25) is 0 Å². The SMILES string of the molecule is [2H]C(C)(C)c1cc[n+](C)c(-c2c(C)ccc3c2oc2nc4ccccc4cc23)c1.[2H]C([2H])(C)c1cc[n+](C)c(-c2c(C)ccc3c2oc2nc4ccccc4cc23)c1.[2H]C([2H])([2H])C([2H])(C)c1cc[n+](C)c(-c2c(C)ccc3c2oc2nc4ccccc4cc23)c1.[2H]C1(c2cc[n+](C)c(-c3c(C)ccc4c3oc3nc5ccccc5cc34)c2)CCCC1. The fourth-order valence-corrected chi connectivity index (χ4v) is 16.4. The summed E-state index contributed by atoms with van der Waals surface area (Å²) < 4.78 is 99.2. The Labute approximate surface area is 668 Å². The van der Waals surface area contributed by atoms with Gasteiger partial charge in [0.05, 0.1) is 44.3 Å². The Kier molecular flexibility index (Phi) is 16.2. The third-order valence-corrected chi connectivity index (χ3v) is 22.7. The highest BCUT2D eigenvalue weighted by molar-refractivity contribution is 6.15. The molecule has 0 bridgehead atoms. The van der Waals surface area contributed by atoms with Crippen molar-refractivity contribution in [1.29, 1.82) is 0 Å². The number of nitrogens with zero attached hydrogens (tertiary/aromatic N) is 8. The first kappa shape index (κ1) is 62.9. The number of aryl methyl sites for hydroxylation is 9. The van der Waals surface area contributed by atoms with Gasteiger partial charge in [-0.2, -0.15) is 0 Å². The average Bonchev–Trinajstić information content (AvgIpc) is 1.60. The Morgan fingerprint density at radius 1 is 0.381 bits per heavy atom. The second kappa shape index (κ2) is 29.1. The Morgan fingerprint density at radius 2 is 0.690 bits per heavy atom. The summed E-state index contributed by atoms with van der Waals surface area (Å²) in [4.78, 5) is 19.0. The Hall–Kier alpha value is -12.8. The van der Waals surface area contributed by atoms with Gasteiger partial charge in [-0.15, -0.1) is 0 Å². The van der Waals surface area contributed by atoms with E-state index in [0.717, 1.165) is 208 Å². The van der Waals surface area contributed by atoms with Crippen LogP contribution in [0.5, 0.6) is 0 Å². The predicted molar refractivity (Wildman–Crippen MR) is 460 cm³/mol. The van der Waals surface area contributed by atoms with Crippen LogP contribution in [0.15, 0.2) is 261 Å². The zero-order chi connectivity index (χ0) is 84.7. The number of para-hydroxylation sites is 4. The number of rotatable bonds is 8. The van der Waals surface area contributed by atoms with Gasteiger partial charge in [0.15, 0.2) is 47.1 Å². The molecule has 0 amide bonds. The molecule has 21 rings (SSSR count). The molecular formula is C101H92N8O4+4. The fraction of sp³-hybridized carbons (Fsp3) is 0.208. The Balaban J connectivity index is 0.000000111. The summed E-state index contributed by atoms with van der Waals surface area (Å²) in [5, 5.41) is 12.5. The minimum Gasteiger partial charge on any atom is -0.437 e. The molecule has 12 heteroatoms. The van der Waals surface area contributed by atoms with Crippen molar-refractivity contribution >= 4 is 132 Å². The van der Waals surface area contributed by atoms with E-state index in [1.807, 2.05) is 173 Å². The van der Waals surface area contributed by atoms with Crippen molar-refractivity contribution < 1.29 is 46.9 Å². The number of hydrogen-bond acceptors (Lipinski definition) is 8. The molecule has 556 valence electrons. The van der Waals surface area contributed by atoms with Crippen molar-refractivity contribution in [2.24, 2.45) is 28.2 Å². The van der Waals surface area contributed by atoms with Crippen molar-refractivity contribution in [3.63, 3.8) is 0 Å². The number of hydrogen-bond donors (Lipinski definition) is 0. The lowest BCUT2D eigenvalue weighted by molar-refractivity contribution is -0.660. The van der Waals surface area contributed by atoms with Gasteiger partial charge in [0.25, 0.3) is 0 Å². The monoisotopic (exact) mass is 1490 g/mol. The molecule has 1 atom stereocenters. The predicted octanol–water partition coefficient (Wildman–Crippen LogP) is 24.2. The van der Waals surface area contributed by atoms with Crippen molar-refractivity contribution in [2.45, 2.75) is 112 Å². The molecule has 1 saturated carbocycles. The maximum absolute atomic E-state index is 9.00. The van der Waals surface area contributed by atoms with Gasteiger partial charge in [-0.3, -0.25) is 0 Å². The molecule has 8 aromatic carbocycles. The van der Waals surface area contributed by atoms with E-state index in [0.29, 0.717) is 39.6 Å². The lowest BCUT2D eigenvalue weighted by Gasteiger charge is -2.11. The molecule has 20 aromatic rings. The zero-order valence-electron chi connectivity index (χ0n) is 73.6. The molecule has 12 heterocycles. The molecule has 0 N–H and O–H groups in total. The standard InChI is InChI=1S/C27H25N2O.2C25H23N2O.C24H21N2O/c1-17-11-12-21-22-15-20-9-5-6-10-23(20)28-27(22)30-26(21)25(17)24-16-19(13-14-29(24)2)18-7-3-4-8-18;2*1-15(2)17-11-12-27(4)22(14-17)23-16(3)9-10-19-20-13-18-7-5-6-8-21(18)26-25(20)28-24(19)23;1-4-16-11-12-26(3)21(13-16)22-15(2)9-10-18-19-14-17-7-5-6-8-20(17)25-24(19)27-23(18)22/h5-6,9-16,18H,3-4,7-8H2,1-2H3;2*5-15H,1-4H3;5-14H,4H2,1-3H3/q4*+1/i18D;1D3,15D;15D;4D2. The van der Waals surface area contributed by atoms with Gasteiger partial charge in [-0.25, -0.2) is 38.2 Å². The summed E-state index contributed by atoms with van der Waals surface area (Å²) in [5.41, 5.74) is 24.7. The van der Waals surface area contributed by atoms with Gasteiger partial charge < -0.3 is 17.7 Å². The molecular weight excluding hydrogens is 1390 g/mol. The first-order valence-corrected chi connectivity index (χ1v) is 38.7. The van der Waals surface area contributed by atoms with Crippen LogP contribution < -0.4 is 18.3 Å². The van der Waals surface area contributed by atoms with E-state index in [1.165, 1.54) is 6.92 Å². The van der Waals surface area contributed by atoms with Crippen molar-refractivity contribution in [1.82, 2.24) is 19.9 Å². The van der Waals surface area contributed by atoms with E-state index in [-0.39, 0.29) is 0 Å². The minimum atomic E-state index is -2.45. The molecule has 12 nitrogen and oxygen atoms in total. The molecule has 1 aliphatic rings. The maximum atomic E-state index is 9.00. The van der Waals surface area contributed by atoms with Crippen molar-refractivity contribution in [2.75, 3.05) is 0 Å². The quantitative estimate of drug-likeness (QED) is 0.138. The highest BCUT2D eigenvalue weighted by Gasteiger charge is 2.29. The van der Waals surface area contributed by atoms with Crippen LogP contribution in [-0.2, 0) is 34.6 Å². The van der Waals surface area contributed by atoms with E-state index < -0.39 is 30.9 Å². The van der Waals surface area contributed by atoms with Crippen LogP contribution in [0, 0.1) is 27.7 Å². The molecule has 1 aliphatic carbocycles. The normalized spacial score (nSPS) is 14.8. The largest absolute Gasteiger partial charge is 0.437 e. The highest BCUT2D eigenvalue weighted by atomic mass is 16.4. The van der Waals surface area contributed by atoms with Crippen molar-refractivity contribution in [3.05, 3.63) is 288 Å². The van der Waals surface area contributed by atoms with E-state index in [2.05, 4.69) is 140 Å². The van der Waals surface area contributed by atoms with Crippen LogP contribution in [0.3, 0.4) is 0 Å². The second-order valence-corrected chi connectivity index (χ2v) is 30.4. The topological polar surface area (TPSA) is 120 Å². The molecule has 0 aliphatic heterocycles. The molecule has 0 spiro atoms. The molecule has 0 radical (unpaired) electrons. The van der Waals surface area contributed by atoms with E-state index in [4.69, 9.17) is 48.6 Å². The highest BCUT2D eigenvalue weighted by Crippen LogP contribution is 2.44. The smallest absolute Gasteiger partial charge is 0.227 e. The number of aromatic nitrogens is 8. The van der Waals surface area contributed by atoms with E-state index in [9.17, 15) is 0 Å². The first-order chi connectivity index (χ1) is 57.8. The first-order valence-electron chi connectivity index (χ1n) is 42.7. The number of pyridine rings is 8. The van der Waals surface area contributed by atoms with Gasteiger partial charge >= 0.3 is 0 Å². The number of fused-ring (bicyclic) bond motifs is 16. The lowest BCUT2D eigenvalue weighted by Crippen LogP contribution is -2.31. The molecule has 12 aromatic heterocycles. The molecule has 0 saturated heterocycles. The van der Waals surface area contributed by atoms with Gasteiger partial charge in [-0.05, 0) is 158 Å². The summed E-state index contributed by atoms with van der Waals surface area (Å²) >= 11 is 0. The molecule has 113 heavy (non-hydrogen) atoms. The summed E-state index contributed by atoms with van der Waals surface area (Å²) in [6.07, 6.45) is 10.5. The maximum Gasteiger partial charge on any atom is 0.227 e. The third-order valence-electron chi connectivity index (χ3n) is 22.7. The Bertz CT molecular complexity index is 7390. The number of benzene rings is 8. The second-order valence-electron chi connectivity index (χ2n) is 30.4. The van der Waals surface area contributed by atoms with Crippen LogP contribution in [0.25, 0.3) is 177 Å². The number of furan rings is 4. The summed E-state index contributed by atoms with van der Waals surface area (Å²) in [5.74, 6) is -2.87. The third kappa shape index (κ3) is 13.0. The van der Waals surface area contributed by atoms with Gasteiger partial charge in [-0.1, -0.05) is 169 Å². The van der Waals surface area contributed by atoms with Crippen molar-refractivity contribution in [3.8, 4) is 45.0 Å². The fourth-order valence-electron chi connectivity index (χ4n) is 16.4.